The number of aliphatic hydroxyl groups is 1. The summed E-state index contributed by atoms with van der Waals surface area (Å²) in [6.45, 7) is 0.928. The molecule has 34 heavy (non-hydrogen) atoms. The SMILES string of the molecule is Cc1c(C(=O)N[C@@H](O)c2cccc(F)c2)c2cccc(F)c2c(=O)n1Cc1cc(F)ccc1F. The minimum absolute atomic E-state index is 0.0255. The maximum Gasteiger partial charge on any atom is 0.261 e. The summed E-state index contributed by atoms with van der Waals surface area (Å²) in [6, 6.07) is 11.4. The number of benzene rings is 3. The van der Waals surface area contributed by atoms with E-state index in [4.69, 9.17) is 0 Å². The molecular weight excluding hydrogens is 452 g/mol. The largest absolute Gasteiger partial charge is 0.369 e. The predicted octanol–water partition coefficient (Wildman–Crippen LogP) is 4.34. The van der Waals surface area contributed by atoms with Gasteiger partial charge in [-0.3, -0.25) is 9.59 Å². The second kappa shape index (κ2) is 9.11. The number of carbonyl (C=O) groups is 1. The van der Waals surface area contributed by atoms with Crippen LogP contribution in [0.3, 0.4) is 0 Å². The number of halogens is 4. The summed E-state index contributed by atoms with van der Waals surface area (Å²) in [6.07, 6.45) is -1.60. The van der Waals surface area contributed by atoms with Gasteiger partial charge in [-0.2, -0.15) is 0 Å². The van der Waals surface area contributed by atoms with Crippen molar-refractivity contribution in [2.75, 3.05) is 0 Å². The van der Waals surface area contributed by atoms with Crippen LogP contribution >= 0.6 is 0 Å². The number of aromatic nitrogens is 1. The first-order valence-corrected chi connectivity index (χ1v) is 10.2. The van der Waals surface area contributed by atoms with Gasteiger partial charge in [0.25, 0.3) is 11.5 Å². The Morgan fingerprint density at radius 3 is 2.41 bits per heavy atom. The van der Waals surface area contributed by atoms with E-state index in [0.29, 0.717) is 0 Å². The van der Waals surface area contributed by atoms with E-state index in [9.17, 15) is 32.3 Å². The van der Waals surface area contributed by atoms with E-state index in [0.717, 1.165) is 34.9 Å². The van der Waals surface area contributed by atoms with Gasteiger partial charge in [0.15, 0.2) is 6.23 Å². The maximum atomic E-state index is 14.7. The monoisotopic (exact) mass is 470 g/mol. The molecular formula is C25H18F4N2O3. The first-order chi connectivity index (χ1) is 16.2. The highest BCUT2D eigenvalue weighted by Crippen LogP contribution is 2.24. The van der Waals surface area contributed by atoms with Gasteiger partial charge < -0.3 is 15.0 Å². The van der Waals surface area contributed by atoms with Crippen molar-refractivity contribution in [2.45, 2.75) is 19.7 Å². The number of carbonyl (C=O) groups excluding carboxylic acids is 1. The van der Waals surface area contributed by atoms with Gasteiger partial charge in [-0.1, -0.05) is 24.3 Å². The summed E-state index contributed by atoms with van der Waals surface area (Å²) < 4.78 is 57.1. The lowest BCUT2D eigenvalue weighted by molar-refractivity contribution is 0.0783. The lowest BCUT2D eigenvalue weighted by atomic mass is 10.0. The summed E-state index contributed by atoms with van der Waals surface area (Å²) in [4.78, 5) is 26.3. The van der Waals surface area contributed by atoms with Crippen LogP contribution in [0.1, 0.15) is 33.4 Å². The molecule has 1 aromatic heterocycles. The third-order valence-corrected chi connectivity index (χ3v) is 5.50. The molecule has 0 saturated carbocycles. The minimum atomic E-state index is -1.60. The number of amides is 1. The van der Waals surface area contributed by atoms with Crippen molar-refractivity contribution < 1.29 is 27.5 Å². The minimum Gasteiger partial charge on any atom is -0.369 e. The number of rotatable bonds is 5. The Hall–Kier alpha value is -3.98. The Morgan fingerprint density at radius 1 is 0.971 bits per heavy atom. The third-order valence-electron chi connectivity index (χ3n) is 5.50. The Bertz CT molecular complexity index is 1480. The quantitative estimate of drug-likeness (QED) is 0.337. The van der Waals surface area contributed by atoms with Crippen molar-refractivity contribution in [3.8, 4) is 0 Å². The highest BCUT2D eigenvalue weighted by molar-refractivity contribution is 6.08. The number of hydrogen-bond donors (Lipinski definition) is 2. The smallest absolute Gasteiger partial charge is 0.261 e. The van der Waals surface area contributed by atoms with E-state index < -0.39 is 52.9 Å². The fourth-order valence-electron chi connectivity index (χ4n) is 3.84. The van der Waals surface area contributed by atoms with Gasteiger partial charge >= 0.3 is 0 Å². The Morgan fingerprint density at radius 2 is 1.68 bits per heavy atom. The summed E-state index contributed by atoms with van der Waals surface area (Å²) >= 11 is 0. The number of hydrogen-bond acceptors (Lipinski definition) is 3. The molecule has 1 heterocycles. The van der Waals surface area contributed by atoms with E-state index in [2.05, 4.69) is 5.32 Å². The summed E-state index contributed by atoms with van der Waals surface area (Å²) in [5.41, 5.74) is -1.06. The van der Waals surface area contributed by atoms with Gasteiger partial charge in [-0.05, 0) is 43.3 Å². The van der Waals surface area contributed by atoms with E-state index in [1.54, 1.807) is 0 Å². The first kappa shape index (κ1) is 23.2. The van der Waals surface area contributed by atoms with E-state index >= 15 is 0 Å². The molecule has 9 heteroatoms. The molecule has 0 bridgehead atoms. The maximum absolute atomic E-state index is 14.7. The molecule has 0 spiro atoms. The zero-order valence-corrected chi connectivity index (χ0v) is 17.8. The Balaban J connectivity index is 1.85. The number of aliphatic hydroxyl groups excluding tert-OH is 1. The van der Waals surface area contributed by atoms with Crippen LogP contribution in [0.2, 0.25) is 0 Å². The van der Waals surface area contributed by atoms with Crippen LogP contribution in [0.25, 0.3) is 10.8 Å². The molecule has 1 amide bonds. The molecule has 2 N–H and O–H groups in total. The van der Waals surface area contributed by atoms with Crippen molar-refractivity contribution in [1.29, 1.82) is 0 Å². The van der Waals surface area contributed by atoms with Gasteiger partial charge in [-0.15, -0.1) is 0 Å². The number of fused-ring (bicyclic) bond motifs is 1. The molecule has 0 fully saturated rings. The highest BCUT2D eigenvalue weighted by Gasteiger charge is 2.24. The fraction of sp³-hybridized carbons (Fsp3) is 0.120. The molecule has 0 saturated heterocycles. The van der Waals surface area contributed by atoms with Crippen molar-refractivity contribution in [1.82, 2.24) is 9.88 Å². The van der Waals surface area contributed by atoms with Gasteiger partial charge in [0.05, 0.1) is 17.5 Å². The normalized spacial score (nSPS) is 12.1. The number of nitrogens with zero attached hydrogens (tertiary/aromatic N) is 1. The highest BCUT2D eigenvalue weighted by atomic mass is 19.1. The molecule has 0 aliphatic rings. The van der Waals surface area contributed by atoms with Crippen LogP contribution in [0, 0.1) is 30.2 Å². The van der Waals surface area contributed by atoms with Crippen LogP contribution < -0.4 is 10.9 Å². The second-order valence-electron chi connectivity index (χ2n) is 7.68. The molecule has 174 valence electrons. The summed E-state index contributed by atoms with van der Waals surface area (Å²) in [7, 11) is 0. The molecule has 1 atom stereocenters. The fourth-order valence-corrected chi connectivity index (χ4v) is 3.84. The van der Waals surface area contributed by atoms with Gasteiger partial charge in [0, 0.05) is 22.2 Å². The Kier molecular flexibility index (Phi) is 6.21. The lowest BCUT2D eigenvalue weighted by Gasteiger charge is -2.19. The predicted molar refractivity (Wildman–Crippen MR) is 117 cm³/mol. The number of pyridine rings is 1. The molecule has 0 unspecified atom stereocenters. The zero-order chi connectivity index (χ0) is 24.6. The summed E-state index contributed by atoms with van der Waals surface area (Å²) in [5, 5.41) is 12.2. The molecule has 0 radical (unpaired) electrons. The molecule has 4 rings (SSSR count). The van der Waals surface area contributed by atoms with Crippen LogP contribution in [0.15, 0.2) is 65.5 Å². The molecule has 0 aliphatic heterocycles. The van der Waals surface area contributed by atoms with Gasteiger partial charge in [0.1, 0.15) is 23.3 Å². The van der Waals surface area contributed by atoms with Crippen LogP contribution in [-0.2, 0) is 6.54 Å². The van der Waals surface area contributed by atoms with Crippen molar-refractivity contribution in [2.24, 2.45) is 0 Å². The van der Waals surface area contributed by atoms with E-state index in [-0.39, 0.29) is 27.8 Å². The molecule has 5 nitrogen and oxygen atoms in total. The van der Waals surface area contributed by atoms with Crippen molar-refractivity contribution in [3.05, 3.63) is 117 Å². The van der Waals surface area contributed by atoms with Crippen molar-refractivity contribution in [3.63, 3.8) is 0 Å². The average molecular weight is 470 g/mol. The second-order valence-corrected chi connectivity index (χ2v) is 7.68. The van der Waals surface area contributed by atoms with Crippen LogP contribution in [0.4, 0.5) is 17.6 Å². The Labute approximate surface area is 190 Å². The molecule has 4 aromatic rings. The van der Waals surface area contributed by atoms with Crippen LogP contribution in [0.5, 0.6) is 0 Å². The third kappa shape index (κ3) is 4.29. The summed E-state index contributed by atoms with van der Waals surface area (Å²) in [5.74, 6) is -3.92. The van der Waals surface area contributed by atoms with Crippen LogP contribution in [-0.4, -0.2) is 15.6 Å². The van der Waals surface area contributed by atoms with Crippen molar-refractivity contribution >= 4 is 16.7 Å². The van der Waals surface area contributed by atoms with E-state index in [1.165, 1.54) is 37.3 Å². The van der Waals surface area contributed by atoms with Gasteiger partial charge in [-0.25, -0.2) is 17.6 Å². The molecule has 0 aliphatic carbocycles. The number of nitrogens with one attached hydrogen (secondary N) is 1. The standard InChI is InChI=1S/C25H18F4N2O3/c1-13-21(24(33)30-23(32)14-4-2-5-16(26)10-14)18-6-3-7-20(29)22(18)25(34)31(13)12-15-11-17(27)8-9-19(15)28/h2-11,23,32H,12H2,1H3,(H,30,33)/t23-/m0/s1. The topological polar surface area (TPSA) is 71.3 Å². The zero-order valence-electron chi connectivity index (χ0n) is 17.8. The van der Waals surface area contributed by atoms with Gasteiger partial charge in [0.2, 0.25) is 0 Å². The molecule has 3 aromatic carbocycles. The first-order valence-electron chi connectivity index (χ1n) is 10.2. The van der Waals surface area contributed by atoms with E-state index in [1.807, 2.05) is 0 Å². The lowest BCUT2D eigenvalue weighted by Crippen LogP contribution is -2.33. The average Bonchev–Trinajstić information content (AvgIpc) is 2.78.